The lowest BCUT2D eigenvalue weighted by Gasteiger charge is -2.11. The summed E-state index contributed by atoms with van der Waals surface area (Å²) in [7, 11) is 1.96. The summed E-state index contributed by atoms with van der Waals surface area (Å²) in [4.78, 5) is 4.57. The highest BCUT2D eigenvalue weighted by atomic mass is 15.3. The molecule has 21 heavy (non-hydrogen) atoms. The topological polar surface area (TPSA) is 67.1 Å². The number of nitrogens with one attached hydrogen (secondary N) is 2. The molecule has 0 radical (unpaired) electrons. The second-order valence-corrected chi connectivity index (χ2v) is 4.76. The molecule has 0 aliphatic heterocycles. The summed E-state index contributed by atoms with van der Waals surface area (Å²) in [5.74, 6) is 2.57. The van der Waals surface area contributed by atoms with Crippen molar-refractivity contribution in [2.24, 2.45) is 12.0 Å². The van der Waals surface area contributed by atoms with Crippen LogP contribution in [-0.4, -0.2) is 27.3 Å². The summed E-state index contributed by atoms with van der Waals surface area (Å²) in [6.45, 7) is 6.04. The molecular weight excluding hydrogens is 264 g/mol. The van der Waals surface area contributed by atoms with Crippen LogP contribution in [0, 0.1) is 6.92 Å². The van der Waals surface area contributed by atoms with Crippen LogP contribution in [0.5, 0.6) is 0 Å². The van der Waals surface area contributed by atoms with E-state index in [1.807, 2.05) is 43.7 Å². The van der Waals surface area contributed by atoms with Crippen molar-refractivity contribution in [1.82, 2.24) is 25.4 Å². The van der Waals surface area contributed by atoms with Crippen LogP contribution >= 0.6 is 0 Å². The van der Waals surface area contributed by atoms with Gasteiger partial charge < -0.3 is 15.2 Å². The minimum atomic E-state index is 0.595. The average molecular weight is 286 g/mol. The molecule has 0 amide bonds. The van der Waals surface area contributed by atoms with Crippen LogP contribution in [0.3, 0.4) is 0 Å². The quantitative estimate of drug-likeness (QED) is 0.644. The molecule has 2 rings (SSSR count). The van der Waals surface area contributed by atoms with E-state index in [2.05, 4.69) is 38.0 Å². The fraction of sp³-hybridized carbons (Fsp3) is 0.400. The van der Waals surface area contributed by atoms with Gasteiger partial charge in [0.1, 0.15) is 5.82 Å². The monoisotopic (exact) mass is 286 g/mol. The standard InChI is InChI=1S/C15H22N6/c1-4-16-15(17-10-13-8-6-5-7-9-13)18-11-14-20-19-12(2)21(14)3/h5-9H,4,10-11H2,1-3H3,(H2,16,17,18). The second kappa shape index (κ2) is 7.42. The molecule has 6 heteroatoms. The van der Waals surface area contributed by atoms with Crippen LogP contribution in [-0.2, 0) is 20.1 Å². The zero-order chi connectivity index (χ0) is 15.1. The van der Waals surface area contributed by atoms with Gasteiger partial charge >= 0.3 is 0 Å². The molecule has 0 saturated carbocycles. The Morgan fingerprint density at radius 2 is 1.95 bits per heavy atom. The van der Waals surface area contributed by atoms with Gasteiger partial charge in [0.25, 0.3) is 0 Å². The van der Waals surface area contributed by atoms with E-state index in [9.17, 15) is 0 Å². The molecule has 0 aliphatic rings. The molecule has 1 heterocycles. The van der Waals surface area contributed by atoms with Gasteiger partial charge in [-0.2, -0.15) is 0 Å². The van der Waals surface area contributed by atoms with Crippen molar-refractivity contribution in [3.63, 3.8) is 0 Å². The molecule has 0 spiro atoms. The molecule has 6 nitrogen and oxygen atoms in total. The summed E-state index contributed by atoms with van der Waals surface area (Å²) < 4.78 is 1.97. The third kappa shape index (κ3) is 4.30. The first kappa shape index (κ1) is 15.0. The number of nitrogens with zero attached hydrogens (tertiary/aromatic N) is 4. The van der Waals surface area contributed by atoms with Gasteiger partial charge in [0.15, 0.2) is 11.8 Å². The highest BCUT2D eigenvalue weighted by Gasteiger charge is 2.05. The number of rotatable bonds is 5. The predicted octanol–water partition coefficient (Wildman–Crippen LogP) is 1.38. The molecular formula is C15H22N6. The van der Waals surface area contributed by atoms with E-state index in [1.165, 1.54) is 5.56 Å². The maximum atomic E-state index is 4.57. The van der Waals surface area contributed by atoms with Crippen LogP contribution in [0.4, 0.5) is 0 Å². The van der Waals surface area contributed by atoms with Gasteiger partial charge in [-0.25, -0.2) is 4.99 Å². The first-order valence-electron chi connectivity index (χ1n) is 7.11. The second-order valence-electron chi connectivity index (χ2n) is 4.76. The third-order valence-corrected chi connectivity index (χ3v) is 3.20. The van der Waals surface area contributed by atoms with E-state index in [4.69, 9.17) is 0 Å². The Kier molecular flexibility index (Phi) is 5.31. The summed E-state index contributed by atoms with van der Waals surface area (Å²) in [6, 6.07) is 10.2. The van der Waals surface area contributed by atoms with E-state index < -0.39 is 0 Å². The van der Waals surface area contributed by atoms with Crippen LogP contribution in [0.25, 0.3) is 0 Å². The summed E-state index contributed by atoms with van der Waals surface area (Å²) >= 11 is 0. The maximum absolute atomic E-state index is 4.57. The van der Waals surface area contributed by atoms with Gasteiger partial charge in [-0.05, 0) is 19.4 Å². The number of aryl methyl sites for hydroxylation is 1. The number of hydrogen-bond acceptors (Lipinski definition) is 3. The number of aromatic nitrogens is 3. The number of hydrogen-bond donors (Lipinski definition) is 2. The van der Waals surface area contributed by atoms with Crippen molar-refractivity contribution >= 4 is 5.96 Å². The van der Waals surface area contributed by atoms with E-state index >= 15 is 0 Å². The summed E-state index contributed by atoms with van der Waals surface area (Å²) in [5, 5.41) is 14.7. The predicted molar refractivity (Wildman–Crippen MR) is 83.8 cm³/mol. The van der Waals surface area contributed by atoms with Gasteiger partial charge in [0.2, 0.25) is 0 Å². The molecule has 0 unspecified atom stereocenters. The van der Waals surface area contributed by atoms with E-state index in [1.54, 1.807) is 0 Å². The molecule has 0 saturated heterocycles. The lowest BCUT2D eigenvalue weighted by Crippen LogP contribution is -2.37. The highest BCUT2D eigenvalue weighted by Crippen LogP contribution is 2.00. The van der Waals surface area contributed by atoms with Gasteiger partial charge in [-0.3, -0.25) is 0 Å². The molecule has 0 bridgehead atoms. The number of guanidine groups is 1. The smallest absolute Gasteiger partial charge is 0.191 e. The lowest BCUT2D eigenvalue weighted by molar-refractivity contribution is 0.718. The zero-order valence-corrected chi connectivity index (χ0v) is 12.8. The van der Waals surface area contributed by atoms with Crippen molar-refractivity contribution in [1.29, 1.82) is 0 Å². The van der Waals surface area contributed by atoms with Crippen LogP contribution in [0.2, 0.25) is 0 Å². The van der Waals surface area contributed by atoms with Crippen molar-refractivity contribution in [3.8, 4) is 0 Å². The Bertz CT molecular complexity index is 587. The van der Waals surface area contributed by atoms with Gasteiger partial charge in [0.05, 0.1) is 13.1 Å². The molecule has 0 fully saturated rings. The van der Waals surface area contributed by atoms with E-state index in [0.29, 0.717) is 13.1 Å². The first-order valence-corrected chi connectivity index (χ1v) is 7.11. The van der Waals surface area contributed by atoms with Crippen LogP contribution < -0.4 is 10.6 Å². The fourth-order valence-corrected chi connectivity index (χ4v) is 1.86. The molecule has 1 aromatic carbocycles. The molecule has 0 aliphatic carbocycles. The first-order chi connectivity index (χ1) is 10.2. The third-order valence-electron chi connectivity index (χ3n) is 3.20. The van der Waals surface area contributed by atoms with Crippen molar-refractivity contribution < 1.29 is 0 Å². The molecule has 2 aromatic rings. The molecule has 0 atom stereocenters. The fourth-order valence-electron chi connectivity index (χ4n) is 1.86. The Labute approximate surface area is 125 Å². The summed E-state index contributed by atoms with van der Waals surface area (Å²) in [5.41, 5.74) is 1.18. The molecule has 1 aromatic heterocycles. The van der Waals surface area contributed by atoms with Gasteiger partial charge in [-0.15, -0.1) is 10.2 Å². The SMILES string of the molecule is CCNC(=NCc1ccccc1)NCc1nnc(C)n1C. The van der Waals surface area contributed by atoms with Crippen LogP contribution in [0.15, 0.2) is 35.3 Å². The van der Waals surface area contributed by atoms with E-state index in [0.717, 1.165) is 24.2 Å². The zero-order valence-electron chi connectivity index (χ0n) is 12.8. The Morgan fingerprint density at radius 1 is 1.19 bits per heavy atom. The average Bonchev–Trinajstić information content (AvgIpc) is 2.83. The molecule has 2 N–H and O–H groups in total. The molecule has 112 valence electrons. The minimum Gasteiger partial charge on any atom is -0.357 e. The van der Waals surface area contributed by atoms with Crippen molar-refractivity contribution in [3.05, 3.63) is 47.5 Å². The van der Waals surface area contributed by atoms with Crippen LogP contribution in [0.1, 0.15) is 24.1 Å². The van der Waals surface area contributed by atoms with Gasteiger partial charge in [-0.1, -0.05) is 30.3 Å². The van der Waals surface area contributed by atoms with Crippen molar-refractivity contribution in [2.45, 2.75) is 26.9 Å². The highest BCUT2D eigenvalue weighted by molar-refractivity contribution is 5.79. The minimum absolute atomic E-state index is 0.595. The van der Waals surface area contributed by atoms with Crippen molar-refractivity contribution in [2.75, 3.05) is 6.54 Å². The largest absolute Gasteiger partial charge is 0.357 e. The number of aliphatic imine (C=N–C) groups is 1. The maximum Gasteiger partial charge on any atom is 0.191 e. The summed E-state index contributed by atoms with van der Waals surface area (Å²) in [6.07, 6.45) is 0. The van der Waals surface area contributed by atoms with Gasteiger partial charge in [0, 0.05) is 13.6 Å². The lowest BCUT2D eigenvalue weighted by atomic mass is 10.2. The Hall–Kier alpha value is -2.37. The van der Waals surface area contributed by atoms with E-state index in [-0.39, 0.29) is 0 Å². The normalized spacial score (nSPS) is 11.5. The Balaban J connectivity index is 1.97. The number of benzene rings is 1. The Morgan fingerprint density at radius 3 is 2.57 bits per heavy atom.